The van der Waals surface area contributed by atoms with Gasteiger partial charge in [-0.15, -0.1) is 0 Å². The molecule has 0 amide bonds. The quantitative estimate of drug-likeness (QED) is 0.644. The van der Waals surface area contributed by atoms with E-state index < -0.39 is 10.0 Å². The van der Waals surface area contributed by atoms with Gasteiger partial charge < -0.3 is 5.32 Å². The van der Waals surface area contributed by atoms with E-state index in [1.54, 1.807) is 22.5 Å². The van der Waals surface area contributed by atoms with E-state index in [4.69, 9.17) is 16.6 Å². The first-order valence-corrected chi connectivity index (χ1v) is 12.1. The maximum atomic E-state index is 13.2. The van der Waals surface area contributed by atoms with Gasteiger partial charge in [-0.05, 0) is 48.6 Å². The largest absolute Gasteiger partial charge is 0.357 e. The summed E-state index contributed by atoms with van der Waals surface area (Å²) in [5, 5.41) is 3.44. The van der Waals surface area contributed by atoms with Crippen LogP contribution >= 0.6 is 11.6 Å². The first-order chi connectivity index (χ1) is 14.9. The lowest BCUT2D eigenvalue weighted by atomic mass is 9.64. The normalized spacial score (nSPS) is 17.7. The minimum Gasteiger partial charge on any atom is -0.357 e. The van der Waals surface area contributed by atoms with Gasteiger partial charge in [0.1, 0.15) is 0 Å². The Balaban J connectivity index is 1.47. The number of hydrogen-bond donors (Lipinski definition) is 1. The third kappa shape index (κ3) is 3.41. The number of sulfonamides is 1. The molecule has 160 valence electrons. The Morgan fingerprint density at radius 1 is 1.10 bits per heavy atom. The molecule has 0 bridgehead atoms. The zero-order chi connectivity index (χ0) is 21.6. The summed E-state index contributed by atoms with van der Waals surface area (Å²) < 4.78 is 27.9. The van der Waals surface area contributed by atoms with E-state index in [0.29, 0.717) is 24.1 Å². The van der Waals surface area contributed by atoms with Gasteiger partial charge in [0, 0.05) is 42.3 Å². The average Bonchev–Trinajstić information content (AvgIpc) is 2.79. The van der Waals surface area contributed by atoms with Crippen molar-refractivity contribution in [2.24, 2.45) is 0 Å². The second-order valence-corrected chi connectivity index (χ2v) is 10.6. The molecule has 3 aromatic rings. The van der Waals surface area contributed by atoms with E-state index in [9.17, 15) is 8.42 Å². The van der Waals surface area contributed by atoms with Crippen LogP contribution in [0, 0.1) is 0 Å². The second kappa shape index (κ2) is 7.58. The fraction of sp³-hybridized carbons (Fsp3) is 0.304. The first kappa shape index (κ1) is 20.4. The van der Waals surface area contributed by atoms with Crippen molar-refractivity contribution >= 4 is 27.6 Å². The highest BCUT2D eigenvalue weighted by molar-refractivity contribution is 7.89. The van der Waals surface area contributed by atoms with Crippen LogP contribution in [-0.2, 0) is 21.9 Å². The number of hydrogen-bond acceptors (Lipinski definition) is 5. The average molecular weight is 455 g/mol. The minimum absolute atomic E-state index is 0.117. The minimum atomic E-state index is -3.57. The molecule has 1 aliphatic carbocycles. The zero-order valence-corrected chi connectivity index (χ0v) is 18.7. The van der Waals surface area contributed by atoms with Gasteiger partial charge in [-0.3, -0.25) is 0 Å². The monoisotopic (exact) mass is 454 g/mol. The highest BCUT2D eigenvalue weighted by Gasteiger charge is 2.44. The van der Waals surface area contributed by atoms with Crippen LogP contribution in [0.3, 0.4) is 0 Å². The Bertz CT molecular complexity index is 1250. The fourth-order valence-electron chi connectivity index (χ4n) is 4.88. The first-order valence-electron chi connectivity index (χ1n) is 10.3. The van der Waals surface area contributed by atoms with Crippen molar-refractivity contribution in [2.75, 3.05) is 25.5 Å². The molecule has 1 fully saturated rings. The number of nitrogens with one attached hydrogen (secondary N) is 1. The van der Waals surface area contributed by atoms with Crippen LogP contribution in [0.25, 0.3) is 11.3 Å². The molecule has 2 aliphatic rings. The molecule has 0 unspecified atom stereocenters. The Kier molecular flexibility index (Phi) is 5.00. The fourth-order valence-corrected chi connectivity index (χ4v) is 6.62. The van der Waals surface area contributed by atoms with Crippen LogP contribution in [0.2, 0.25) is 5.02 Å². The zero-order valence-electron chi connectivity index (χ0n) is 17.2. The van der Waals surface area contributed by atoms with E-state index in [0.717, 1.165) is 36.1 Å². The molecule has 6 nitrogen and oxygen atoms in total. The molecule has 0 atom stereocenters. The van der Waals surface area contributed by atoms with Crippen molar-refractivity contribution in [2.45, 2.75) is 29.6 Å². The molecule has 0 saturated carbocycles. The van der Waals surface area contributed by atoms with Crippen molar-refractivity contribution in [3.8, 4) is 11.3 Å². The molecular formula is C23H23ClN4O2S. The van der Waals surface area contributed by atoms with Gasteiger partial charge in [-0.25, -0.2) is 18.4 Å². The van der Waals surface area contributed by atoms with E-state index in [-0.39, 0.29) is 10.3 Å². The highest BCUT2D eigenvalue weighted by Crippen LogP contribution is 2.48. The molecule has 1 saturated heterocycles. The highest BCUT2D eigenvalue weighted by atomic mass is 35.5. The summed E-state index contributed by atoms with van der Waals surface area (Å²) in [5.74, 6) is 0.604. The molecule has 2 heterocycles. The number of halogens is 1. The van der Waals surface area contributed by atoms with E-state index in [1.165, 1.54) is 11.6 Å². The third-order valence-corrected chi connectivity index (χ3v) is 8.61. The van der Waals surface area contributed by atoms with Gasteiger partial charge in [-0.2, -0.15) is 4.31 Å². The molecule has 8 heteroatoms. The van der Waals surface area contributed by atoms with E-state index in [1.807, 2.05) is 19.3 Å². The number of nitrogens with zero attached hydrogens (tertiary/aromatic N) is 3. The van der Waals surface area contributed by atoms with Crippen molar-refractivity contribution < 1.29 is 8.42 Å². The van der Waals surface area contributed by atoms with Gasteiger partial charge in [0.05, 0.1) is 10.6 Å². The lowest BCUT2D eigenvalue weighted by molar-refractivity contribution is 0.229. The molecule has 1 N–H and O–H groups in total. The van der Waals surface area contributed by atoms with Gasteiger partial charge in [-0.1, -0.05) is 41.9 Å². The number of piperidine rings is 1. The van der Waals surface area contributed by atoms with Crippen LogP contribution in [0.15, 0.2) is 59.6 Å². The summed E-state index contributed by atoms with van der Waals surface area (Å²) in [6.07, 6.45) is 4.21. The lowest BCUT2D eigenvalue weighted by Crippen LogP contribution is -2.47. The van der Waals surface area contributed by atoms with Crippen LogP contribution < -0.4 is 5.32 Å². The SMILES string of the molecule is CNc1ncc2c(n1)-c1ccccc1C1(CCN(S(=O)(=O)c3cccc(Cl)c3)CC1)C2. The van der Waals surface area contributed by atoms with Crippen molar-refractivity contribution in [1.29, 1.82) is 0 Å². The molecular weight excluding hydrogens is 432 g/mol. The summed E-state index contributed by atoms with van der Waals surface area (Å²) >= 11 is 6.03. The van der Waals surface area contributed by atoms with Gasteiger partial charge >= 0.3 is 0 Å². The summed E-state index contributed by atoms with van der Waals surface area (Å²) in [5.41, 5.74) is 4.34. The summed E-state index contributed by atoms with van der Waals surface area (Å²) in [7, 11) is -1.76. The molecule has 1 spiro atoms. The number of aromatic nitrogens is 2. The summed E-state index contributed by atoms with van der Waals surface area (Å²) in [4.78, 5) is 9.38. The topological polar surface area (TPSA) is 75.2 Å². The van der Waals surface area contributed by atoms with Crippen molar-refractivity contribution in [3.05, 3.63) is 70.9 Å². The Morgan fingerprint density at radius 2 is 1.87 bits per heavy atom. The number of fused-ring (bicyclic) bond motifs is 4. The smallest absolute Gasteiger partial charge is 0.243 e. The predicted octanol–water partition coefficient (Wildman–Crippen LogP) is 4.12. The Morgan fingerprint density at radius 3 is 2.61 bits per heavy atom. The van der Waals surface area contributed by atoms with Crippen molar-refractivity contribution in [1.82, 2.24) is 14.3 Å². The molecule has 0 radical (unpaired) electrons. The molecule has 5 rings (SSSR count). The molecule has 2 aromatic carbocycles. The Hall–Kier alpha value is -2.48. The van der Waals surface area contributed by atoms with Crippen molar-refractivity contribution in [3.63, 3.8) is 0 Å². The van der Waals surface area contributed by atoms with Gasteiger partial charge in [0.15, 0.2) is 0 Å². The second-order valence-electron chi connectivity index (χ2n) is 8.18. The number of benzene rings is 2. The third-order valence-electron chi connectivity index (χ3n) is 6.48. The van der Waals surface area contributed by atoms with Gasteiger partial charge in [0.2, 0.25) is 16.0 Å². The van der Waals surface area contributed by atoms with E-state index >= 15 is 0 Å². The molecule has 1 aliphatic heterocycles. The van der Waals surface area contributed by atoms with Crippen LogP contribution in [0.5, 0.6) is 0 Å². The maximum absolute atomic E-state index is 13.2. The standard InChI is InChI=1S/C23H23ClN4O2S/c1-25-22-26-15-16-14-23(20-8-3-2-7-19(20)21(16)27-22)9-11-28(12-10-23)31(29,30)18-6-4-5-17(24)13-18/h2-8,13,15H,9-12,14H2,1H3,(H,25,26,27). The molecule has 31 heavy (non-hydrogen) atoms. The summed E-state index contributed by atoms with van der Waals surface area (Å²) in [6, 6.07) is 14.8. The Labute approximate surface area is 187 Å². The predicted molar refractivity (Wildman–Crippen MR) is 122 cm³/mol. The van der Waals surface area contributed by atoms with E-state index in [2.05, 4.69) is 28.5 Å². The molecule has 1 aromatic heterocycles. The summed E-state index contributed by atoms with van der Waals surface area (Å²) in [6.45, 7) is 0.932. The van der Waals surface area contributed by atoms with Crippen LogP contribution in [-0.4, -0.2) is 42.8 Å². The number of rotatable bonds is 3. The lowest BCUT2D eigenvalue weighted by Gasteiger charge is -2.45. The number of anilines is 1. The van der Waals surface area contributed by atoms with Gasteiger partial charge in [0.25, 0.3) is 0 Å². The van der Waals surface area contributed by atoms with Crippen LogP contribution in [0.1, 0.15) is 24.0 Å². The maximum Gasteiger partial charge on any atom is 0.243 e. The van der Waals surface area contributed by atoms with Crippen LogP contribution in [0.4, 0.5) is 5.95 Å².